The van der Waals surface area contributed by atoms with E-state index in [0.29, 0.717) is 5.56 Å². The number of para-hydroxylation sites is 1. The molecule has 7 heteroatoms. The molecule has 1 aliphatic heterocycles. The number of nitrogens with zero attached hydrogens (tertiary/aromatic N) is 2. The van der Waals surface area contributed by atoms with Gasteiger partial charge in [-0.1, -0.05) is 36.0 Å². The second kappa shape index (κ2) is 8.54. The fraction of sp³-hybridized carbons (Fsp3) is 0.125. The van der Waals surface area contributed by atoms with Gasteiger partial charge in [0.1, 0.15) is 6.61 Å². The van der Waals surface area contributed by atoms with Crippen molar-refractivity contribution < 1.29 is 19.4 Å². The van der Waals surface area contributed by atoms with Crippen LogP contribution in [0.4, 0.5) is 11.4 Å². The normalized spacial score (nSPS) is 12.8. The average Bonchev–Trinajstić information content (AvgIpc) is 2.80. The van der Waals surface area contributed by atoms with Gasteiger partial charge < -0.3 is 14.7 Å². The molecule has 0 spiro atoms. The van der Waals surface area contributed by atoms with Gasteiger partial charge in [0.2, 0.25) is 0 Å². The fourth-order valence-corrected chi connectivity index (χ4v) is 4.58. The van der Waals surface area contributed by atoms with Crippen molar-refractivity contribution >= 4 is 35.1 Å². The van der Waals surface area contributed by atoms with E-state index in [1.807, 2.05) is 43.3 Å². The summed E-state index contributed by atoms with van der Waals surface area (Å²) < 4.78 is 5.50. The van der Waals surface area contributed by atoms with Gasteiger partial charge in [-0.05, 0) is 49.4 Å². The fourth-order valence-electron chi connectivity index (χ4n) is 3.52. The van der Waals surface area contributed by atoms with Gasteiger partial charge in [0, 0.05) is 9.79 Å². The molecule has 1 aliphatic rings. The first-order valence-electron chi connectivity index (χ1n) is 9.59. The third-order valence-corrected chi connectivity index (χ3v) is 6.10. The summed E-state index contributed by atoms with van der Waals surface area (Å²) in [5.74, 6) is -1.86. The van der Waals surface area contributed by atoms with Crippen molar-refractivity contribution in [2.75, 3.05) is 11.5 Å². The maximum absolute atomic E-state index is 12.6. The molecule has 0 unspecified atom stereocenters. The number of benzene rings is 3. The number of carbonyl (C=O) groups is 2. The quantitative estimate of drug-likeness (QED) is 0.563. The van der Waals surface area contributed by atoms with E-state index in [1.54, 1.807) is 30.0 Å². The molecule has 3 aromatic carbocycles. The lowest BCUT2D eigenvalue weighted by molar-refractivity contribution is 0.0477. The number of carboxylic acid groups (broad SMARTS) is 1. The van der Waals surface area contributed by atoms with Crippen LogP contribution in [0, 0.1) is 11.3 Å². The Labute approximate surface area is 183 Å². The Morgan fingerprint density at radius 1 is 1.03 bits per heavy atom. The van der Waals surface area contributed by atoms with E-state index in [2.05, 4.69) is 11.0 Å². The van der Waals surface area contributed by atoms with E-state index in [0.717, 1.165) is 21.2 Å². The topological polar surface area (TPSA) is 90.6 Å². The number of carbonyl (C=O) groups excluding carboxylic acids is 1. The molecule has 1 atom stereocenters. The summed E-state index contributed by atoms with van der Waals surface area (Å²) in [6.45, 7) is 1.97. The maximum Gasteiger partial charge on any atom is 0.339 e. The van der Waals surface area contributed by atoms with Crippen molar-refractivity contribution in [3.63, 3.8) is 0 Å². The van der Waals surface area contributed by atoms with Gasteiger partial charge in [-0.15, -0.1) is 0 Å². The number of hydrogen-bond donors (Lipinski definition) is 1. The number of rotatable bonds is 5. The van der Waals surface area contributed by atoms with Crippen LogP contribution in [0.5, 0.6) is 0 Å². The Morgan fingerprint density at radius 3 is 2.45 bits per heavy atom. The van der Waals surface area contributed by atoms with Gasteiger partial charge >= 0.3 is 11.9 Å². The molecule has 154 valence electrons. The summed E-state index contributed by atoms with van der Waals surface area (Å²) in [4.78, 5) is 28.1. The number of anilines is 2. The van der Waals surface area contributed by atoms with Crippen molar-refractivity contribution in [1.82, 2.24) is 0 Å². The van der Waals surface area contributed by atoms with Crippen LogP contribution in [-0.2, 0) is 4.74 Å². The first-order chi connectivity index (χ1) is 15.0. The third-order valence-electron chi connectivity index (χ3n) is 4.97. The first-order valence-corrected chi connectivity index (χ1v) is 10.4. The SMILES string of the molecule is C[C@H](COC(=O)c1ccccc1C(=O)O)N1c2ccccc2Sc2ccc(C#N)cc21. The minimum atomic E-state index is -1.18. The molecule has 0 radical (unpaired) electrons. The molecular formula is C24H18N2O4S. The summed E-state index contributed by atoms with van der Waals surface area (Å²) in [7, 11) is 0. The molecule has 6 nitrogen and oxygen atoms in total. The number of esters is 1. The molecule has 1 heterocycles. The van der Waals surface area contributed by atoms with Crippen molar-refractivity contribution in [3.05, 3.63) is 83.4 Å². The van der Waals surface area contributed by atoms with E-state index in [4.69, 9.17) is 4.74 Å². The monoisotopic (exact) mass is 430 g/mol. The highest BCUT2D eigenvalue weighted by molar-refractivity contribution is 7.99. The molecule has 0 saturated heterocycles. The Balaban J connectivity index is 1.62. The minimum Gasteiger partial charge on any atom is -0.478 e. The highest BCUT2D eigenvalue weighted by atomic mass is 32.2. The molecular weight excluding hydrogens is 412 g/mol. The van der Waals surface area contributed by atoms with E-state index >= 15 is 0 Å². The molecule has 4 rings (SSSR count). The molecule has 1 N–H and O–H groups in total. The van der Waals surface area contributed by atoms with Gasteiger partial charge in [-0.3, -0.25) is 0 Å². The van der Waals surface area contributed by atoms with Crippen molar-refractivity contribution in [2.45, 2.75) is 22.8 Å². The number of carboxylic acids is 1. The van der Waals surface area contributed by atoms with E-state index in [1.165, 1.54) is 12.1 Å². The molecule has 3 aromatic rings. The Morgan fingerprint density at radius 2 is 1.71 bits per heavy atom. The largest absolute Gasteiger partial charge is 0.478 e. The second-order valence-electron chi connectivity index (χ2n) is 7.03. The summed E-state index contributed by atoms with van der Waals surface area (Å²) in [6, 6.07) is 21.3. The summed E-state index contributed by atoms with van der Waals surface area (Å²) in [5, 5.41) is 18.7. The zero-order valence-corrected chi connectivity index (χ0v) is 17.4. The van der Waals surface area contributed by atoms with E-state index < -0.39 is 11.9 Å². The standard InChI is InChI=1S/C24H18N2O4S/c1-15(14-30-24(29)18-7-3-2-6-17(18)23(27)28)26-19-8-4-5-9-21(19)31-22-11-10-16(13-25)12-20(22)26/h2-12,15H,14H2,1H3,(H,27,28)/t15-/m1/s1. The molecule has 0 saturated carbocycles. The maximum atomic E-state index is 12.6. The molecule has 31 heavy (non-hydrogen) atoms. The predicted octanol–water partition coefficient (Wildman–Crippen LogP) is 5.10. The van der Waals surface area contributed by atoms with Gasteiger partial charge in [0.15, 0.2) is 0 Å². The molecule has 0 bridgehead atoms. The van der Waals surface area contributed by atoms with Crippen LogP contribution in [0.3, 0.4) is 0 Å². The highest BCUT2D eigenvalue weighted by Gasteiger charge is 2.28. The van der Waals surface area contributed by atoms with Crippen LogP contribution in [0.2, 0.25) is 0 Å². The van der Waals surface area contributed by atoms with Crippen LogP contribution in [0.1, 0.15) is 33.2 Å². The average molecular weight is 430 g/mol. The number of aromatic carboxylic acids is 1. The zero-order chi connectivity index (χ0) is 22.0. The van der Waals surface area contributed by atoms with Gasteiger partial charge in [-0.2, -0.15) is 5.26 Å². The Kier molecular flexibility index (Phi) is 5.65. The predicted molar refractivity (Wildman–Crippen MR) is 117 cm³/mol. The van der Waals surface area contributed by atoms with Crippen molar-refractivity contribution in [1.29, 1.82) is 5.26 Å². The van der Waals surface area contributed by atoms with Crippen LogP contribution in [-0.4, -0.2) is 29.7 Å². The summed E-state index contributed by atoms with van der Waals surface area (Å²) in [6.07, 6.45) is 0. The zero-order valence-electron chi connectivity index (χ0n) is 16.6. The van der Waals surface area contributed by atoms with Gasteiger partial charge in [0.05, 0.1) is 40.2 Å². The molecule has 0 fully saturated rings. The smallest absolute Gasteiger partial charge is 0.339 e. The van der Waals surface area contributed by atoms with Gasteiger partial charge in [-0.25, -0.2) is 9.59 Å². The van der Waals surface area contributed by atoms with Crippen LogP contribution in [0.25, 0.3) is 0 Å². The third kappa shape index (κ3) is 3.98. The van der Waals surface area contributed by atoms with Crippen molar-refractivity contribution in [2.24, 2.45) is 0 Å². The number of nitriles is 1. The molecule has 0 amide bonds. The van der Waals surface area contributed by atoms with Gasteiger partial charge in [0.25, 0.3) is 0 Å². The molecule has 0 aromatic heterocycles. The lowest BCUT2D eigenvalue weighted by atomic mass is 10.1. The minimum absolute atomic E-state index is 0.0176. The van der Waals surface area contributed by atoms with E-state index in [-0.39, 0.29) is 23.8 Å². The number of fused-ring (bicyclic) bond motifs is 2. The Hall–Kier alpha value is -3.76. The lowest BCUT2D eigenvalue weighted by Crippen LogP contribution is -2.35. The number of hydrogen-bond acceptors (Lipinski definition) is 6. The van der Waals surface area contributed by atoms with Crippen molar-refractivity contribution in [3.8, 4) is 6.07 Å². The van der Waals surface area contributed by atoms with Crippen LogP contribution >= 0.6 is 11.8 Å². The summed E-state index contributed by atoms with van der Waals surface area (Å²) >= 11 is 1.63. The highest BCUT2D eigenvalue weighted by Crippen LogP contribution is 2.49. The second-order valence-corrected chi connectivity index (χ2v) is 8.12. The van der Waals surface area contributed by atoms with Crippen LogP contribution < -0.4 is 4.90 Å². The molecule has 0 aliphatic carbocycles. The van der Waals surface area contributed by atoms with E-state index in [9.17, 15) is 20.0 Å². The lowest BCUT2D eigenvalue weighted by Gasteiger charge is -2.37. The summed E-state index contributed by atoms with van der Waals surface area (Å²) in [5.41, 5.74) is 2.30. The van der Waals surface area contributed by atoms with Crippen LogP contribution in [0.15, 0.2) is 76.5 Å². The Bertz CT molecular complexity index is 1220. The number of ether oxygens (including phenoxy) is 1. The first kappa shape index (κ1) is 20.5.